The number of anilines is 2. The molecule has 2 aromatic heterocycles. The maximum atomic E-state index is 13.1. The third-order valence-corrected chi connectivity index (χ3v) is 6.27. The van der Waals surface area contributed by atoms with E-state index in [1.54, 1.807) is 6.92 Å². The number of piperidine rings is 1. The lowest BCUT2D eigenvalue weighted by Crippen LogP contribution is -2.48. The summed E-state index contributed by atoms with van der Waals surface area (Å²) in [6, 6.07) is 3.43. The van der Waals surface area contributed by atoms with Gasteiger partial charge in [0.05, 0.1) is 5.56 Å². The highest BCUT2D eigenvalue weighted by atomic mass is 19.4. The number of halogens is 6. The van der Waals surface area contributed by atoms with E-state index in [0.717, 1.165) is 37.1 Å². The quantitative estimate of drug-likeness (QED) is 0.472. The smallest absolute Gasteiger partial charge is 0.416 e. The number of hydrogen-bond donors (Lipinski definition) is 1. The highest BCUT2D eigenvalue weighted by Gasteiger charge is 2.44. The molecule has 2 fully saturated rings. The first kappa shape index (κ1) is 24.2. The van der Waals surface area contributed by atoms with E-state index in [1.165, 1.54) is 0 Å². The summed E-state index contributed by atoms with van der Waals surface area (Å²) in [5, 5.41) is 15.0. The van der Waals surface area contributed by atoms with Crippen molar-refractivity contribution in [2.75, 3.05) is 23.3 Å². The van der Waals surface area contributed by atoms with Gasteiger partial charge in [-0.2, -0.15) is 31.3 Å². The Kier molecular flexibility index (Phi) is 5.95. The van der Waals surface area contributed by atoms with Crippen molar-refractivity contribution >= 4 is 12.0 Å². The zero-order valence-corrected chi connectivity index (χ0v) is 18.8. The molecule has 1 N–H and O–H groups in total. The maximum Gasteiger partial charge on any atom is 0.416 e. The van der Waals surface area contributed by atoms with Crippen LogP contribution in [0.3, 0.4) is 0 Å². The molecule has 9 nitrogen and oxygen atoms in total. The fourth-order valence-electron chi connectivity index (χ4n) is 4.73. The molecule has 2 aliphatic rings. The fraction of sp³-hybridized carbons (Fsp3) is 0.524. The highest BCUT2D eigenvalue weighted by Crippen LogP contribution is 2.40. The van der Waals surface area contributed by atoms with Crippen molar-refractivity contribution in [3.8, 4) is 11.8 Å². The molecular weight excluding hydrogens is 496 g/mol. The molecule has 194 valence electrons. The zero-order chi connectivity index (χ0) is 25.7. The number of aryl methyl sites for hydroxylation is 1. The van der Waals surface area contributed by atoms with Crippen LogP contribution in [0.25, 0.3) is 0 Å². The number of rotatable bonds is 6. The monoisotopic (exact) mass is 517 g/mol. The lowest BCUT2D eigenvalue weighted by Gasteiger charge is -2.37. The van der Waals surface area contributed by atoms with Crippen LogP contribution in [0.1, 0.15) is 24.3 Å². The van der Waals surface area contributed by atoms with Gasteiger partial charge in [0.1, 0.15) is 12.3 Å². The van der Waals surface area contributed by atoms with Crippen LogP contribution >= 0.6 is 0 Å². The molecule has 0 radical (unpaired) electrons. The largest absolute Gasteiger partial charge is 0.424 e. The van der Waals surface area contributed by atoms with Crippen molar-refractivity contribution in [3.05, 3.63) is 35.7 Å². The molecule has 1 aromatic carbocycles. The molecule has 2 atom stereocenters. The molecule has 15 heteroatoms. The first-order chi connectivity index (χ1) is 16.9. The first-order valence-electron chi connectivity index (χ1n) is 11.1. The Morgan fingerprint density at radius 3 is 2.25 bits per heavy atom. The summed E-state index contributed by atoms with van der Waals surface area (Å²) in [4.78, 5) is 6.07. The summed E-state index contributed by atoms with van der Waals surface area (Å²) in [5.74, 6) is 0.589. The molecule has 2 unspecified atom stereocenters. The molecule has 0 spiro atoms. The Morgan fingerprint density at radius 1 is 1.03 bits per heavy atom. The maximum absolute atomic E-state index is 13.1. The van der Waals surface area contributed by atoms with E-state index in [-0.39, 0.29) is 29.6 Å². The van der Waals surface area contributed by atoms with Crippen molar-refractivity contribution in [2.45, 2.75) is 44.7 Å². The number of hydrogen-bond acceptors (Lipinski definition) is 8. The fourth-order valence-corrected chi connectivity index (χ4v) is 4.73. The number of nitrogens with one attached hydrogen (secondary N) is 1. The van der Waals surface area contributed by atoms with Crippen LogP contribution in [0.15, 0.2) is 28.7 Å². The molecule has 1 aliphatic carbocycles. The normalized spacial score (nSPS) is 22.2. The topological polar surface area (TPSA) is 94.1 Å². The summed E-state index contributed by atoms with van der Waals surface area (Å²) < 4.78 is 89.2. The predicted octanol–water partition coefficient (Wildman–Crippen LogP) is 4.67. The number of benzene rings is 1. The van der Waals surface area contributed by atoms with Crippen LogP contribution in [0, 0.1) is 18.8 Å². The Labute approximate surface area is 200 Å². The van der Waals surface area contributed by atoms with Gasteiger partial charge in [0, 0.05) is 26.1 Å². The van der Waals surface area contributed by atoms with Crippen molar-refractivity contribution < 1.29 is 35.5 Å². The van der Waals surface area contributed by atoms with Gasteiger partial charge in [-0.15, -0.1) is 10.2 Å². The minimum Gasteiger partial charge on any atom is -0.424 e. The van der Waals surface area contributed by atoms with E-state index in [2.05, 4.69) is 25.6 Å². The minimum atomic E-state index is -4.62. The van der Waals surface area contributed by atoms with Gasteiger partial charge in [0.25, 0.3) is 0 Å². The highest BCUT2D eigenvalue weighted by molar-refractivity contribution is 5.36. The van der Waals surface area contributed by atoms with Gasteiger partial charge in [-0.05, 0) is 48.9 Å². The van der Waals surface area contributed by atoms with Gasteiger partial charge in [0.15, 0.2) is 0 Å². The molecule has 1 aliphatic heterocycles. The number of aromatic nitrogens is 5. The minimum absolute atomic E-state index is 0.0508. The van der Waals surface area contributed by atoms with Gasteiger partial charge in [-0.1, -0.05) is 5.10 Å². The molecule has 1 saturated heterocycles. The summed E-state index contributed by atoms with van der Waals surface area (Å²) in [6.45, 7) is 1.47. The lowest BCUT2D eigenvalue weighted by atomic mass is 9.92. The number of nitrogens with zero attached hydrogens (tertiary/aromatic N) is 6. The van der Waals surface area contributed by atoms with Gasteiger partial charge in [0.2, 0.25) is 11.8 Å². The second kappa shape index (κ2) is 8.85. The van der Waals surface area contributed by atoms with Crippen LogP contribution in [0.5, 0.6) is 11.8 Å². The molecule has 3 heterocycles. The number of ether oxygens (including phenoxy) is 1. The summed E-state index contributed by atoms with van der Waals surface area (Å²) in [5.41, 5.74) is -0.911. The summed E-state index contributed by atoms with van der Waals surface area (Å²) >= 11 is 0. The Morgan fingerprint density at radius 2 is 1.69 bits per heavy atom. The van der Waals surface area contributed by atoms with E-state index in [4.69, 9.17) is 9.15 Å². The Hall–Kier alpha value is -3.52. The average Bonchev–Trinajstić information content (AvgIpc) is 3.43. The molecule has 2 bridgehead atoms. The van der Waals surface area contributed by atoms with Crippen molar-refractivity contribution in [2.24, 2.45) is 11.8 Å². The summed E-state index contributed by atoms with van der Waals surface area (Å²) in [7, 11) is 0. The van der Waals surface area contributed by atoms with E-state index >= 15 is 0 Å². The van der Waals surface area contributed by atoms with Gasteiger partial charge < -0.3 is 19.4 Å². The first-order valence-corrected chi connectivity index (χ1v) is 11.1. The number of alkyl halides is 6. The van der Waals surface area contributed by atoms with Crippen LogP contribution < -0.4 is 15.0 Å². The molecular formula is C21H21F6N7O2. The third-order valence-electron chi connectivity index (χ3n) is 6.27. The molecule has 0 amide bonds. The van der Waals surface area contributed by atoms with Gasteiger partial charge in [-0.3, -0.25) is 0 Å². The van der Waals surface area contributed by atoms with E-state index in [9.17, 15) is 26.3 Å². The predicted molar refractivity (Wildman–Crippen MR) is 112 cm³/mol. The SMILES string of the molecule is Cc1nnc(N2CC3CCC(C2)C3Nc2nc(Oc3ccc(C(F)(F)F)cc3)n(CC(F)(F)F)n2)o1. The van der Waals surface area contributed by atoms with Crippen molar-refractivity contribution in [3.63, 3.8) is 0 Å². The summed E-state index contributed by atoms with van der Waals surface area (Å²) in [6.07, 6.45) is -7.38. The molecule has 1 saturated carbocycles. The van der Waals surface area contributed by atoms with Crippen molar-refractivity contribution in [1.29, 1.82) is 0 Å². The second-order valence-electron chi connectivity index (χ2n) is 8.89. The second-order valence-corrected chi connectivity index (χ2v) is 8.89. The van der Waals surface area contributed by atoms with E-state index in [1.807, 2.05) is 4.90 Å². The number of fused-ring (bicyclic) bond motifs is 2. The third kappa shape index (κ3) is 5.18. The van der Waals surface area contributed by atoms with Gasteiger partial charge in [-0.25, -0.2) is 4.68 Å². The lowest BCUT2D eigenvalue weighted by molar-refractivity contribution is -0.143. The van der Waals surface area contributed by atoms with E-state index < -0.39 is 30.5 Å². The molecule has 36 heavy (non-hydrogen) atoms. The zero-order valence-electron chi connectivity index (χ0n) is 18.8. The van der Waals surface area contributed by atoms with Crippen molar-refractivity contribution in [1.82, 2.24) is 25.0 Å². The average molecular weight is 517 g/mol. The van der Waals surface area contributed by atoms with E-state index in [0.29, 0.717) is 29.7 Å². The van der Waals surface area contributed by atoms with Gasteiger partial charge >= 0.3 is 24.4 Å². The van der Waals surface area contributed by atoms with Crippen LogP contribution in [0.2, 0.25) is 0 Å². The Bertz CT molecular complexity index is 1190. The molecule has 3 aromatic rings. The van der Waals surface area contributed by atoms with Crippen LogP contribution in [-0.4, -0.2) is 50.3 Å². The van der Waals surface area contributed by atoms with Crippen LogP contribution in [-0.2, 0) is 12.7 Å². The Balaban J connectivity index is 1.33. The standard InChI is InChI=1S/C21H21F6N7O2/c1-11-30-31-19(35-11)33-8-12-2-3-13(9-33)16(12)28-17-29-18(34(32-17)10-20(22,23)24)36-15-6-4-14(5-7-15)21(25,26)27/h4-7,12-13,16H,2-3,8-10H2,1H3,(H,28,32). The van der Waals surface area contributed by atoms with Crippen LogP contribution in [0.4, 0.5) is 38.3 Å². The molecule has 5 rings (SSSR count).